The minimum absolute atomic E-state index is 0.0508. The molecule has 0 aliphatic heterocycles. The zero-order valence-corrected chi connectivity index (χ0v) is 23.9. The number of benzene rings is 1. The Balaban J connectivity index is 3.14. The monoisotopic (exact) mass is 474 g/mol. The van der Waals surface area contributed by atoms with E-state index in [1.54, 1.807) is 0 Å². The Bertz CT molecular complexity index is 689. The van der Waals surface area contributed by atoms with E-state index >= 15 is 0 Å². The lowest BCUT2D eigenvalue weighted by atomic mass is 9.91. The topological polar surface area (TPSA) is 35.5 Å². The Labute approximate surface area is 205 Å². The van der Waals surface area contributed by atoms with Gasteiger partial charge in [-0.05, 0) is 41.4 Å². The van der Waals surface area contributed by atoms with Crippen molar-refractivity contribution in [1.29, 1.82) is 0 Å². The zero-order chi connectivity index (χ0) is 25.2. The Morgan fingerprint density at radius 2 is 1.45 bits per heavy atom. The molecule has 33 heavy (non-hydrogen) atoms. The molecule has 0 bridgehead atoms. The van der Waals surface area contributed by atoms with Crippen molar-refractivity contribution in [2.45, 2.75) is 105 Å². The molecule has 0 aromatic heterocycles. The molecule has 0 aliphatic rings. The molecule has 0 amide bonds. The van der Waals surface area contributed by atoms with E-state index in [1.165, 1.54) is 11.1 Å². The highest BCUT2D eigenvalue weighted by molar-refractivity contribution is 6.77. The van der Waals surface area contributed by atoms with E-state index in [0.717, 1.165) is 12.7 Å². The van der Waals surface area contributed by atoms with Crippen LogP contribution in [0.5, 0.6) is 0 Å². The second kappa shape index (κ2) is 14.2. The third kappa shape index (κ3) is 8.81. The second-order valence-electron chi connectivity index (χ2n) is 11.1. The Kier molecular flexibility index (Phi) is 12.9. The van der Waals surface area contributed by atoms with Gasteiger partial charge in [-0.25, -0.2) is 0 Å². The fraction of sp³-hybridized carbons (Fsp3) is 0.690. The molecule has 4 atom stereocenters. The summed E-state index contributed by atoms with van der Waals surface area (Å²) in [6, 6.07) is 10.4. The predicted molar refractivity (Wildman–Crippen MR) is 144 cm³/mol. The highest BCUT2D eigenvalue weighted by atomic mass is 28.4. The van der Waals surface area contributed by atoms with Gasteiger partial charge in [-0.1, -0.05) is 104 Å². The van der Waals surface area contributed by atoms with Crippen LogP contribution in [0, 0.1) is 17.8 Å². The van der Waals surface area contributed by atoms with E-state index in [2.05, 4.69) is 92.7 Å². The van der Waals surface area contributed by atoms with Gasteiger partial charge in [-0.3, -0.25) is 0 Å². The fourth-order valence-corrected chi connectivity index (χ4v) is 11.3. The minimum atomic E-state index is -2.05. The maximum Gasteiger partial charge on any atom is 0.200 e. The van der Waals surface area contributed by atoms with Gasteiger partial charge in [0, 0.05) is 11.8 Å². The van der Waals surface area contributed by atoms with Gasteiger partial charge in [0.25, 0.3) is 0 Å². The van der Waals surface area contributed by atoms with Crippen LogP contribution in [-0.2, 0) is 20.6 Å². The summed E-state index contributed by atoms with van der Waals surface area (Å²) >= 11 is 0. The maximum atomic E-state index is 11.2. The number of carbonyl (C=O) groups excluding carboxylic acids is 1. The van der Waals surface area contributed by atoms with Crippen LogP contribution in [-0.4, -0.2) is 27.3 Å². The molecule has 0 saturated carbocycles. The van der Waals surface area contributed by atoms with Crippen molar-refractivity contribution < 1.29 is 14.0 Å². The van der Waals surface area contributed by atoms with Gasteiger partial charge in [-0.15, -0.1) is 0 Å². The lowest BCUT2D eigenvalue weighted by Gasteiger charge is -2.47. The van der Waals surface area contributed by atoms with E-state index in [-0.39, 0.29) is 23.9 Å². The molecule has 4 heteroatoms. The van der Waals surface area contributed by atoms with Crippen molar-refractivity contribution in [2.75, 3.05) is 6.61 Å². The summed E-state index contributed by atoms with van der Waals surface area (Å²) in [5.41, 5.74) is 4.06. The van der Waals surface area contributed by atoms with Crippen molar-refractivity contribution in [3.63, 3.8) is 0 Å². The van der Waals surface area contributed by atoms with Crippen molar-refractivity contribution in [1.82, 2.24) is 0 Å². The van der Waals surface area contributed by atoms with Crippen LogP contribution in [0.15, 0.2) is 42.0 Å². The number of hydrogen-bond acceptors (Lipinski definition) is 3. The number of ether oxygens (including phenoxy) is 1. The average Bonchev–Trinajstić information content (AvgIpc) is 2.73. The van der Waals surface area contributed by atoms with Crippen LogP contribution in [0.1, 0.15) is 81.2 Å². The quantitative estimate of drug-likeness (QED) is 0.146. The highest BCUT2D eigenvalue weighted by Gasteiger charge is 2.47. The van der Waals surface area contributed by atoms with Gasteiger partial charge in [0.15, 0.2) is 0 Å². The zero-order valence-electron chi connectivity index (χ0n) is 22.9. The predicted octanol–water partition coefficient (Wildman–Crippen LogP) is 8.21. The molecule has 0 heterocycles. The summed E-state index contributed by atoms with van der Waals surface area (Å²) in [6.45, 7) is 24.0. The molecule has 1 rings (SSSR count). The maximum absolute atomic E-state index is 11.2. The van der Waals surface area contributed by atoms with Gasteiger partial charge < -0.3 is 14.0 Å². The molecule has 1 aromatic carbocycles. The molecule has 0 unspecified atom stereocenters. The first-order chi connectivity index (χ1) is 15.4. The van der Waals surface area contributed by atoms with Crippen LogP contribution in [0.4, 0.5) is 0 Å². The van der Waals surface area contributed by atoms with Crippen LogP contribution < -0.4 is 0 Å². The number of hydrogen-bond donors (Lipinski definition) is 0. The van der Waals surface area contributed by atoms with E-state index in [4.69, 9.17) is 9.16 Å². The summed E-state index contributed by atoms with van der Waals surface area (Å²) in [4.78, 5) is 11.2. The Morgan fingerprint density at radius 1 is 0.909 bits per heavy atom. The van der Waals surface area contributed by atoms with Gasteiger partial charge in [0.1, 0.15) is 6.29 Å². The number of allylic oxidation sites excluding steroid dienone is 1. The van der Waals surface area contributed by atoms with Crippen LogP contribution in [0.3, 0.4) is 0 Å². The van der Waals surface area contributed by atoms with Gasteiger partial charge in [-0.2, -0.15) is 0 Å². The lowest BCUT2D eigenvalue weighted by Crippen LogP contribution is -2.52. The summed E-state index contributed by atoms with van der Waals surface area (Å²) in [5, 5.41) is 0. The third-order valence-corrected chi connectivity index (χ3v) is 13.1. The van der Waals surface area contributed by atoms with Crippen molar-refractivity contribution in [2.24, 2.45) is 17.8 Å². The summed E-state index contributed by atoms with van der Waals surface area (Å²) in [5.74, 6) is 0.566. The van der Waals surface area contributed by atoms with Gasteiger partial charge in [0.05, 0.1) is 19.3 Å². The molecule has 0 N–H and O–H groups in total. The molecule has 0 radical (unpaired) electrons. The largest absolute Gasteiger partial charge is 0.412 e. The number of carbonyl (C=O) groups is 1. The normalized spacial score (nSPS) is 16.8. The van der Waals surface area contributed by atoms with Crippen LogP contribution in [0.2, 0.25) is 16.6 Å². The van der Waals surface area contributed by atoms with Crippen molar-refractivity contribution in [3.8, 4) is 0 Å². The van der Waals surface area contributed by atoms with Crippen LogP contribution in [0.25, 0.3) is 0 Å². The third-order valence-electron chi connectivity index (χ3n) is 7.04. The first-order valence-corrected chi connectivity index (χ1v) is 15.0. The summed E-state index contributed by atoms with van der Waals surface area (Å²) < 4.78 is 13.5. The molecule has 0 spiro atoms. The molecular weight excluding hydrogens is 424 g/mol. The molecule has 0 fully saturated rings. The van der Waals surface area contributed by atoms with Crippen molar-refractivity contribution in [3.05, 3.63) is 47.5 Å². The van der Waals surface area contributed by atoms with E-state index in [9.17, 15) is 4.79 Å². The SMILES string of the molecule is C/C(=C/[C@@H](C)[C@H](O[Si](C(C)C)(C(C)C)C(C)C)[C@H](C)COCc1ccccc1)C[C@@H](C)C=O. The highest BCUT2D eigenvalue weighted by Crippen LogP contribution is 2.44. The first-order valence-electron chi connectivity index (χ1n) is 12.9. The van der Waals surface area contributed by atoms with Crippen LogP contribution >= 0.6 is 0 Å². The average molecular weight is 475 g/mol. The molecule has 0 saturated heterocycles. The minimum Gasteiger partial charge on any atom is -0.412 e. The molecule has 188 valence electrons. The molecular formula is C29H50O3Si. The standard InChI is InChI=1S/C29H50O3Si/c1-21(2)33(22(3)4,23(5)6)32-29(26(9)17-24(7)16-25(8)18-30)27(10)19-31-20-28-14-12-11-13-15-28/h11-15,17-18,21-23,25-27,29H,16,19-20H2,1-10H3/b24-17-/t25-,26-,27-,29+/m1/s1. The molecule has 0 aliphatic carbocycles. The molecule has 3 nitrogen and oxygen atoms in total. The van der Waals surface area contributed by atoms with E-state index in [0.29, 0.717) is 29.8 Å². The Hall–Kier alpha value is -1.23. The number of rotatable bonds is 15. The first kappa shape index (κ1) is 29.8. The molecule has 1 aromatic rings. The fourth-order valence-electron chi connectivity index (χ4n) is 5.59. The van der Waals surface area contributed by atoms with E-state index in [1.807, 2.05) is 13.0 Å². The Morgan fingerprint density at radius 3 is 1.94 bits per heavy atom. The lowest BCUT2D eigenvalue weighted by molar-refractivity contribution is -0.110. The van der Waals surface area contributed by atoms with Crippen molar-refractivity contribution >= 4 is 14.6 Å². The van der Waals surface area contributed by atoms with Gasteiger partial charge in [0.2, 0.25) is 8.32 Å². The smallest absolute Gasteiger partial charge is 0.200 e. The van der Waals surface area contributed by atoms with E-state index < -0.39 is 8.32 Å². The summed E-state index contributed by atoms with van der Waals surface area (Å²) in [6.07, 6.45) is 4.27. The van der Waals surface area contributed by atoms with Gasteiger partial charge >= 0.3 is 0 Å². The second-order valence-corrected chi connectivity index (χ2v) is 16.5. The number of aldehydes is 1. The summed E-state index contributed by atoms with van der Waals surface area (Å²) in [7, 11) is -2.05.